The van der Waals surface area contributed by atoms with Gasteiger partial charge in [0.1, 0.15) is 0 Å². The molecule has 0 saturated heterocycles. The highest BCUT2D eigenvalue weighted by molar-refractivity contribution is 6.30. The van der Waals surface area contributed by atoms with Gasteiger partial charge in [-0.15, -0.1) is 0 Å². The van der Waals surface area contributed by atoms with Gasteiger partial charge in [-0.25, -0.2) is 0 Å². The molecule has 1 aliphatic carbocycles. The summed E-state index contributed by atoms with van der Waals surface area (Å²) in [5.74, 6) is 0.952. The van der Waals surface area contributed by atoms with Gasteiger partial charge in [0.05, 0.1) is 0 Å². The Morgan fingerprint density at radius 3 is 2.53 bits per heavy atom. The summed E-state index contributed by atoms with van der Waals surface area (Å²) in [5.41, 5.74) is 1.32. The molecule has 1 saturated carbocycles. The molecule has 2 rings (SSSR count). The van der Waals surface area contributed by atoms with Crippen molar-refractivity contribution in [1.29, 1.82) is 0 Å². The maximum Gasteiger partial charge on any atom is 0.0406 e. The quantitative estimate of drug-likeness (QED) is 0.819. The molecule has 0 spiro atoms. The van der Waals surface area contributed by atoms with Crippen molar-refractivity contribution in [2.45, 2.75) is 31.7 Å². The van der Waals surface area contributed by atoms with Crippen molar-refractivity contribution in [3.05, 3.63) is 34.9 Å². The van der Waals surface area contributed by atoms with E-state index in [0.717, 1.165) is 23.9 Å². The van der Waals surface area contributed by atoms with E-state index < -0.39 is 0 Å². The number of rotatable bonds is 7. The van der Waals surface area contributed by atoms with E-state index in [1.165, 1.54) is 31.4 Å². The molecule has 1 atom stereocenters. The van der Waals surface area contributed by atoms with Crippen molar-refractivity contribution >= 4 is 11.6 Å². The second-order valence-electron chi connectivity index (χ2n) is 5.74. The molecule has 1 aliphatic rings. The zero-order valence-electron chi connectivity index (χ0n) is 12.0. The summed E-state index contributed by atoms with van der Waals surface area (Å²) in [4.78, 5) is 2.48. The van der Waals surface area contributed by atoms with Crippen LogP contribution in [0.25, 0.3) is 0 Å². The first-order valence-electron chi connectivity index (χ1n) is 7.30. The van der Waals surface area contributed by atoms with Crippen LogP contribution in [0.1, 0.15) is 37.3 Å². The standard InChI is InChI=1S/C16H25ClN2/c1-18-16(14-6-8-15(17)9-7-14)10-11-19(2)12-13-4-3-5-13/h6-9,13,16,18H,3-5,10-12H2,1-2H3. The van der Waals surface area contributed by atoms with Gasteiger partial charge < -0.3 is 10.2 Å². The van der Waals surface area contributed by atoms with Crippen LogP contribution in [0.2, 0.25) is 5.02 Å². The SMILES string of the molecule is CNC(CCN(C)CC1CCC1)c1ccc(Cl)cc1. The molecule has 0 aromatic heterocycles. The van der Waals surface area contributed by atoms with Gasteiger partial charge >= 0.3 is 0 Å². The molecule has 0 amide bonds. The highest BCUT2D eigenvalue weighted by Crippen LogP contribution is 2.27. The van der Waals surface area contributed by atoms with Crippen molar-refractivity contribution in [1.82, 2.24) is 10.2 Å². The third-order valence-electron chi connectivity index (χ3n) is 4.21. The lowest BCUT2D eigenvalue weighted by molar-refractivity contribution is 0.199. The largest absolute Gasteiger partial charge is 0.313 e. The van der Waals surface area contributed by atoms with Gasteiger partial charge in [0.25, 0.3) is 0 Å². The first-order chi connectivity index (χ1) is 9.19. The van der Waals surface area contributed by atoms with E-state index in [1.807, 2.05) is 19.2 Å². The number of nitrogens with one attached hydrogen (secondary N) is 1. The van der Waals surface area contributed by atoms with Crippen LogP contribution < -0.4 is 5.32 Å². The van der Waals surface area contributed by atoms with Gasteiger partial charge in [-0.1, -0.05) is 30.2 Å². The molecule has 0 heterocycles. The molecule has 0 bridgehead atoms. The topological polar surface area (TPSA) is 15.3 Å². The Balaban J connectivity index is 1.79. The highest BCUT2D eigenvalue weighted by Gasteiger charge is 2.19. The highest BCUT2D eigenvalue weighted by atomic mass is 35.5. The second-order valence-corrected chi connectivity index (χ2v) is 6.18. The summed E-state index contributed by atoms with van der Waals surface area (Å²) in [5, 5.41) is 4.21. The van der Waals surface area contributed by atoms with Crippen LogP contribution in [0.4, 0.5) is 0 Å². The molecule has 1 aromatic rings. The number of benzene rings is 1. The maximum absolute atomic E-state index is 5.94. The van der Waals surface area contributed by atoms with Crippen molar-refractivity contribution < 1.29 is 0 Å². The van der Waals surface area contributed by atoms with Gasteiger partial charge in [0.2, 0.25) is 0 Å². The summed E-state index contributed by atoms with van der Waals surface area (Å²) in [6.45, 7) is 2.40. The van der Waals surface area contributed by atoms with E-state index in [1.54, 1.807) is 0 Å². The van der Waals surface area contributed by atoms with Gasteiger partial charge in [-0.05, 0) is 63.5 Å². The fraction of sp³-hybridized carbons (Fsp3) is 0.625. The molecule has 1 aromatic carbocycles. The summed E-state index contributed by atoms with van der Waals surface area (Å²) < 4.78 is 0. The van der Waals surface area contributed by atoms with Crippen molar-refractivity contribution in [2.75, 3.05) is 27.2 Å². The number of nitrogens with zero attached hydrogens (tertiary/aromatic N) is 1. The molecule has 1 unspecified atom stereocenters. The Bertz CT molecular complexity index is 373. The second kappa shape index (κ2) is 7.28. The molecule has 1 fully saturated rings. The van der Waals surface area contributed by atoms with Gasteiger partial charge in [0, 0.05) is 17.6 Å². The van der Waals surface area contributed by atoms with Crippen LogP contribution in [-0.2, 0) is 0 Å². The summed E-state index contributed by atoms with van der Waals surface area (Å²) in [7, 11) is 4.28. The Kier molecular flexibility index (Phi) is 5.68. The van der Waals surface area contributed by atoms with E-state index in [0.29, 0.717) is 6.04 Å². The minimum atomic E-state index is 0.418. The van der Waals surface area contributed by atoms with E-state index in [2.05, 4.69) is 29.4 Å². The minimum absolute atomic E-state index is 0.418. The summed E-state index contributed by atoms with van der Waals surface area (Å²) in [6, 6.07) is 8.60. The van der Waals surface area contributed by atoms with Crippen LogP contribution in [-0.4, -0.2) is 32.1 Å². The molecular weight excluding hydrogens is 256 g/mol. The lowest BCUT2D eigenvalue weighted by Crippen LogP contribution is -2.32. The molecule has 0 radical (unpaired) electrons. The predicted molar refractivity (Wildman–Crippen MR) is 82.7 cm³/mol. The normalized spacial score (nSPS) is 17.5. The van der Waals surface area contributed by atoms with E-state index in [-0.39, 0.29) is 0 Å². The Hall–Kier alpha value is -0.570. The Labute approximate surface area is 122 Å². The third kappa shape index (κ3) is 4.48. The van der Waals surface area contributed by atoms with Crippen molar-refractivity contribution in [3.63, 3.8) is 0 Å². The van der Waals surface area contributed by atoms with E-state index in [9.17, 15) is 0 Å². The van der Waals surface area contributed by atoms with Crippen molar-refractivity contribution in [2.24, 2.45) is 5.92 Å². The van der Waals surface area contributed by atoms with Crippen molar-refractivity contribution in [3.8, 4) is 0 Å². The zero-order chi connectivity index (χ0) is 13.7. The molecule has 2 nitrogen and oxygen atoms in total. The molecular formula is C16H25ClN2. The third-order valence-corrected chi connectivity index (χ3v) is 4.47. The van der Waals surface area contributed by atoms with Crippen LogP contribution in [0, 0.1) is 5.92 Å². The van der Waals surface area contributed by atoms with Crippen LogP contribution in [0.5, 0.6) is 0 Å². The number of hydrogen-bond acceptors (Lipinski definition) is 2. The van der Waals surface area contributed by atoms with Gasteiger partial charge in [-0.2, -0.15) is 0 Å². The molecule has 0 aliphatic heterocycles. The van der Waals surface area contributed by atoms with Gasteiger partial charge in [-0.3, -0.25) is 0 Å². The fourth-order valence-electron chi connectivity index (χ4n) is 2.73. The van der Waals surface area contributed by atoms with Crippen LogP contribution >= 0.6 is 11.6 Å². The minimum Gasteiger partial charge on any atom is -0.313 e. The smallest absolute Gasteiger partial charge is 0.0406 e. The number of hydrogen-bond donors (Lipinski definition) is 1. The summed E-state index contributed by atoms with van der Waals surface area (Å²) in [6.07, 6.45) is 5.43. The van der Waals surface area contributed by atoms with E-state index in [4.69, 9.17) is 11.6 Å². The van der Waals surface area contributed by atoms with E-state index >= 15 is 0 Å². The first kappa shape index (κ1) is 14.8. The van der Waals surface area contributed by atoms with Crippen LogP contribution in [0.3, 0.4) is 0 Å². The first-order valence-corrected chi connectivity index (χ1v) is 7.68. The lowest BCUT2D eigenvalue weighted by atomic mass is 9.85. The average Bonchev–Trinajstić information content (AvgIpc) is 2.36. The fourth-order valence-corrected chi connectivity index (χ4v) is 2.86. The number of halogens is 1. The zero-order valence-corrected chi connectivity index (χ0v) is 12.8. The Morgan fingerprint density at radius 1 is 1.32 bits per heavy atom. The van der Waals surface area contributed by atoms with Crippen LogP contribution in [0.15, 0.2) is 24.3 Å². The lowest BCUT2D eigenvalue weighted by Gasteiger charge is -2.31. The molecule has 1 N–H and O–H groups in total. The maximum atomic E-state index is 5.94. The monoisotopic (exact) mass is 280 g/mol. The Morgan fingerprint density at radius 2 is 2.00 bits per heavy atom. The summed E-state index contributed by atoms with van der Waals surface area (Å²) >= 11 is 5.94. The average molecular weight is 281 g/mol. The molecule has 19 heavy (non-hydrogen) atoms. The molecule has 106 valence electrons. The molecule has 3 heteroatoms. The van der Waals surface area contributed by atoms with Gasteiger partial charge in [0.15, 0.2) is 0 Å². The predicted octanol–water partition coefficient (Wildman–Crippen LogP) is 3.72.